The Kier molecular flexibility index (Phi) is 7.70. The fourth-order valence-corrected chi connectivity index (χ4v) is 7.32. The summed E-state index contributed by atoms with van der Waals surface area (Å²) in [6.07, 6.45) is -8.51. The minimum absolute atomic E-state index is 0.0786. The first-order valence-electron chi connectivity index (χ1n) is 12.9. The van der Waals surface area contributed by atoms with Crippen LogP contribution in [0.25, 0.3) is 0 Å². The van der Waals surface area contributed by atoms with Gasteiger partial charge in [0, 0.05) is 39.0 Å². The van der Waals surface area contributed by atoms with Crippen molar-refractivity contribution in [1.82, 2.24) is 0 Å². The molecule has 3 aliphatic carbocycles. The van der Waals surface area contributed by atoms with E-state index in [0.717, 1.165) is 20.8 Å². The summed E-state index contributed by atoms with van der Waals surface area (Å²) in [5.41, 5.74) is -7.01. The average Bonchev–Trinajstić information content (AvgIpc) is 2.78. The second-order valence-electron chi connectivity index (χ2n) is 11.7. The van der Waals surface area contributed by atoms with E-state index >= 15 is 0 Å². The van der Waals surface area contributed by atoms with E-state index in [1.165, 1.54) is 6.92 Å². The number of esters is 3. The molecule has 0 spiro atoms. The van der Waals surface area contributed by atoms with Crippen LogP contribution in [0.5, 0.6) is 0 Å². The summed E-state index contributed by atoms with van der Waals surface area (Å²) in [6, 6.07) is 0. The Morgan fingerprint density at radius 1 is 0.947 bits per heavy atom. The topological polar surface area (TPSA) is 177 Å². The minimum Gasteiger partial charge on any atom is -0.459 e. The monoisotopic (exact) mass is 540 g/mol. The molecule has 0 saturated heterocycles. The Morgan fingerprint density at radius 3 is 1.97 bits per heavy atom. The van der Waals surface area contributed by atoms with Gasteiger partial charge in [-0.05, 0) is 31.4 Å². The maximum absolute atomic E-state index is 14.6. The average molecular weight is 541 g/mol. The van der Waals surface area contributed by atoms with Crippen molar-refractivity contribution < 1.29 is 53.8 Å². The summed E-state index contributed by atoms with van der Waals surface area (Å²) in [6.45, 7) is 11.0. The second-order valence-corrected chi connectivity index (χ2v) is 11.7. The molecule has 214 valence electrons. The van der Waals surface area contributed by atoms with Crippen molar-refractivity contribution in [2.24, 2.45) is 16.7 Å². The van der Waals surface area contributed by atoms with E-state index in [1.54, 1.807) is 27.7 Å². The maximum atomic E-state index is 14.6. The van der Waals surface area contributed by atoms with Crippen molar-refractivity contribution in [3.05, 3.63) is 11.1 Å². The van der Waals surface area contributed by atoms with Crippen molar-refractivity contribution in [2.45, 2.75) is 116 Å². The van der Waals surface area contributed by atoms with Crippen molar-refractivity contribution in [3.63, 3.8) is 0 Å². The summed E-state index contributed by atoms with van der Waals surface area (Å²) in [4.78, 5) is 51.8. The number of carbonyl (C=O) groups is 4. The third kappa shape index (κ3) is 4.09. The van der Waals surface area contributed by atoms with Gasteiger partial charge in [-0.3, -0.25) is 19.2 Å². The number of aliphatic hydroxyl groups excluding tert-OH is 3. The number of aliphatic hydroxyl groups is 4. The number of hydrogen-bond acceptors (Lipinski definition) is 11. The molecule has 9 atom stereocenters. The van der Waals surface area contributed by atoms with E-state index in [0.29, 0.717) is 5.57 Å². The van der Waals surface area contributed by atoms with Gasteiger partial charge in [0.05, 0.1) is 29.6 Å². The Bertz CT molecular complexity index is 1060. The van der Waals surface area contributed by atoms with Gasteiger partial charge >= 0.3 is 17.9 Å². The van der Waals surface area contributed by atoms with Crippen LogP contribution in [-0.2, 0) is 33.4 Å². The van der Waals surface area contributed by atoms with Gasteiger partial charge in [0.1, 0.15) is 17.3 Å². The highest BCUT2D eigenvalue weighted by atomic mass is 16.6. The second kappa shape index (κ2) is 9.69. The van der Waals surface area contributed by atoms with Gasteiger partial charge in [-0.2, -0.15) is 0 Å². The third-order valence-corrected chi connectivity index (χ3v) is 9.33. The molecule has 2 unspecified atom stereocenters. The molecule has 0 aromatic rings. The summed E-state index contributed by atoms with van der Waals surface area (Å²) in [5, 5.41) is 46.4. The summed E-state index contributed by atoms with van der Waals surface area (Å²) >= 11 is 0. The van der Waals surface area contributed by atoms with Gasteiger partial charge in [-0.1, -0.05) is 20.8 Å². The predicted molar refractivity (Wildman–Crippen MR) is 131 cm³/mol. The van der Waals surface area contributed by atoms with Crippen LogP contribution < -0.4 is 0 Å². The molecule has 3 aliphatic rings. The van der Waals surface area contributed by atoms with Gasteiger partial charge in [-0.15, -0.1) is 0 Å². The molecule has 0 amide bonds. The van der Waals surface area contributed by atoms with E-state index in [-0.39, 0.29) is 24.8 Å². The highest BCUT2D eigenvalue weighted by Gasteiger charge is 2.75. The van der Waals surface area contributed by atoms with Crippen LogP contribution >= 0.6 is 0 Å². The molecule has 38 heavy (non-hydrogen) atoms. The van der Waals surface area contributed by atoms with E-state index in [2.05, 4.69) is 0 Å². The summed E-state index contributed by atoms with van der Waals surface area (Å²) in [7, 11) is 0. The highest BCUT2D eigenvalue weighted by Crippen LogP contribution is 2.62. The highest BCUT2D eigenvalue weighted by molar-refractivity contribution is 5.95. The lowest BCUT2D eigenvalue weighted by molar-refractivity contribution is -0.288. The number of ketones is 1. The van der Waals surface area contributed by atoms with Crippen LogP contribution in [0, 0.1) is 16.7 Å². The molecule has 2 fully saturated rings. The molecular weight excluding hydrogens is 500 g/mol. The number of Topliss-reactive ketones (excluding diaryl/α,β-unsaturated/α-hetero) is 1. The van der Waals surface area contributed by atoms with Crippen molar-refractivity contribution in [1.29, 1.82) is 0 Å². The zero-order valence-corrected chi connectivity index (χ0v) is 23.2. The van der Waals surface area contributed by atoms with E-state index in [9.17, 15) is 39.6 Å². The van der Waals surface area contributed by atoms with Crippen LogP contribution in [0.1, 0.15) is 74.7 Å². The molecule has 2 bridgehead atoms. The number of ether oxygens (including phenoxy) is 3. The number of carbonyl (C=O) groups excluding carboxylic acids is 4. The van der Waals surface area contributed by atoms with Gasteiger partial charge < -0.3 is 34.6 Å². The van der Waals surface area contributed by atoms with Crippen LogP contribution in [0.15, 0.2) is 11.1 Å². The van der Waals surface area contributed by atoms with E-state index < -0.39 is 82.2 Å². The zero-order chi connectivity index (χ0) is 29.2. The lowest BCUT2D eigenvalue weighted by atomic mass is 9.45. The first kappa shape index (κ1) is 30.2. The minimum atomic E-state index is -2.13. The van der Waals surface area contributed by atoms with Crippen LogP contribution in [0.2, 0.25) is 0 Å². The molecule has 0 aromatic heterocycles. The molecule has 3 rings (SSSR count). The molecular formula is C27H40O11. The van der Waals surface area contributed by atoms with Crippen molar-refractivity contribution >= 4 is 23.7 Å². The standard InChI is InChI=1S/C27H40O11/c1-9-26(38-15(5)30)18(33)10-17(32)25(8)21(26)23(37-14(4)29)27(35)11-16(31)12(2)19(24(27,6)7)20(22(25)34)36-13(3)28/h16-18,20-21,23,31-33,35H,9-11H2,1-8H3/t16?,17-,18+,20+,21?,23-,25+,26-,27+/m0/s1. The fourth-order valence-electron chi connectivity index (χ4n) is 7.32. The van der Waals surface area contributed by atoms with E-state index in [1.807, 2.05) is 0 Å². The zero-order valence-electron chi connectivity index (χ0n) is 23.2. The Balaban J connectivity index is 2.55. The molecule has 0 aliphatic heterocycles. The van der Waals surface area contributed by atoms with Gasteiger partial charge in [0.25, 0.3) is 0 Å². The molecule has 11 heteroatoms. The van der Waals surface area contributed by atoms with E-state index in [4.69, 9.17) is 14.2 Å². The molecule has 0 heterocycles. The van der Waals surface area contributed by atoms with Crippen molar-refractivity contribution in [2.75, 3.05) is 0 Å². The molecule has 0 aromatic carbocycles. The van der Waals surface area contributed by atoms with Crippen molar-refractivity contribution in [3.8, 4) is 0 Å². The maximum Gasteiger partial charge on any atom is 0.303 e. The Labute approximate surface area is 222 Å². The van der Waals surface area contributed by atoms with Crippen LogP contribution in [0.3, 0.4) is 0 Å². The first-order chi connectivity index (χ1) is 17.3. The molecule has 2 saturated carbocycles. The van der Waals surface area contributed by atoms with Crippen LogP contribution in [0.4, 0.5) is 0 Å². The van der Waals surface area contributed by atoms with Gasteiger partial charge in [-0.25, -0.2) is 0 Å². The largest absolute Gasteiger partial charge is 0.459 e. The summed E-state index contributed by atoms with van der Waals surface area (Å²) in [5.74, 6) is -4.75. The quantitative estimate of drug-likeness (QED) is 0.225. The molecule has 11 nitrogen and oxygen atoms in total. The molecule has 4 N–H and O–H groups in total. The van der Waals surface area contributed by atoms with Gasteiger partial charge in [0.2, 0.25) is 0 Å². The normalized spacial score (nSPS) is 42.4. The lowest BCUT2D eigenvalue weighted by Gasteiger charge is -2.64. The van der Waals surface area contributed by atoms with Gasteiger partial charge in [0.15, 0.2) is 11.9 Å². The smallest absolute Gasteiger partial charge is 0.303 e. The lowest BCUT2D eigenvalue weighted by Crippen LogP contribution is -2.77. The fraction of sp³-hybridized carbons (Fsp3) is 0.778. The predicted octanol–water partition coefficient (Wildman–Crippen LogP) is 0.731. The summed E-state index contributed by atoms with van der Waals surface area (Å²) < 4.78 is 17.1. The third-order valence-electron chi connectivity index (χ3n) is 9.33. The molecule has 0 radical (unpaired) electrons. The number of rotatable bonds is 4. The first-order valence-corrected chi connectivity index (χ1v) is 12.9. The number of hydrogen-bond donors (Lipinski definition) is 4. The van der Waals surface area contributed by atoms with Crippen LogP contribution in [-0.4, -0.2) is 85.8 Å². The number of fused-ring (bicyclic) bond motifs is 3. The Hall–Kier alpha value is -2.34. The Morgan fingerprint density at radius 2 is 1.50 bits per heavy atom. The SMILES string of the molecule is CC[C@@]1(OC(C)=O)C2[C@H](OC(C)=O)[C@]3(O)CC(O)C(C)=C([C@@H](OC(C)=O)C(=O)[C@]2(C)[C@@H](O)C[C@H]1O)C3(C)C.